The number of thioether (sulfide) groups is 1. The first-order chi connectivity index (χ1) is 14.2. The van der Waals surface area contributed by atoms with Crippen molar-refractivity contribution in [2.45, 2.75) is 37.3 Å². The molecule has 0 saturated carbocycles. The number of amides is 1. The first-order valence-electron chi connectivity index (χ1n) is 9.87. The number of carbonyl (C=O) groups excluding carboxylic acids is 1. The average Bonchev–Trinajstić information content (AvgIpc) is 3.48. The zero-order valence-corrected chi connectivity index (χ0v) is 16.8. The summed E-state index contributed by atoms with van der Waals surface area (Å²) in [5.74, 6) is 1.09. The van der Waals surface area contributed by atoms with Crippen molar-refractivity contribution in [3.63, 3.8) is 0 Å². The number of anilines is 1. The van der Waals surface area contributed by atoms with Crippen LogP contribution in [0.5, 0.6) is 0 Å². The Morgan fingerprint density at radius 1 is 1.14 bits per heavy atom. The molecule has 1 amide bonds. The van der Waals surface area contributed by atoms with Crippen molar-refractivity contribution in [2.75, 3.05) is 17.2 Å². The molecule has 148 valence electrons. The number of carbonyl (C=O) groups is 1. The number of fused-ring (bicyclic) bond motifs is 2. The molecule has 0 atom stereocenters. The van der Waals surface area contributed by atoms with Gasteiger partial charge in [0, 0.05) is 23.5 Å². The van der Waals surface area contributed by atoms with Gasteiger partial charge in [-0.1, -0.05) is 30.0 Å². The van der Waals surface area contributed by atoms with Crippen LogP contribution in [0.3, 0.4) is 0 Å². The van der Waals surface area contributed by atoms with Gasteiger partial charge in [0.2, 0.25) is 5.91 Å². The fraction of sp³-hybridized carbons (Fsp3) is 0.318. The monoisotopic (exact) mass is 407 g/mol. The number of furan rings is 1. The van der Waals surface area contributed by atoms with Crippen LogP contribution in [0.4, 0.5) is 5.69 Å². The highest BCUT2D eigenvalue weighted by molar-refractivity contribution is 8.00. The van der Waals surface area contributed by atoms with E-state index in [1.165, 1.54) is 17.3 Å². The van der Waals surface area contributed by atoms with E-state index in [1.54, 1.807) is 10.8 Å². The minimum absolute atomic E-state index is 0.0632. The number of aromatic nitrogens is 2. The van der Waals surface area contributed by atoms with Crippen LogP contribution >= 0.6 is 11.8 Å². The topological polar surface area (TPSA) is 68.3 Å². The van der Waals surface area contributed by atoms with E-state index < -0.39 is 0 Å². The van der Waals surface area contributed by atoms with Crippen molar-refractivity contribution in [3.05, 3.63) is 75.7 Å². The summed E-state index contributed by atoms with van der Waals surface area (Å²) in [6.07, 6.45) is 5.25. The summed E-state index contributed by atoms with van der Waals surface area (Å²) in [4.78, 5) is 31.7. The highest BCUT2D eigenvalue weighted by Gasteiger charge is 2.26. The normalized spacial score (nSPS) is 14.8. The van der Waals surface area contributed by atoms with Crippen molar-refractivity contribution < 1.29 is 9.21 Å². The summed E-state index contributed by atoms with van der Waals surface area (Å²) >= 11 is 1.39. The third kappa shape index (κ3) is 3.40. The number of nitrogens with zero attached hydrogens (tertiary/aromatic N) is 3. The Bertz CT molecular complexity index is 1120. The Morgan fingerprint density at radius 2 is 2.03 bits per heavy atom. The van der Waals surface area contributed by atoms with Gasteiger partial charge in [0.1, 0.15) is 10.8 Å². The number of para-hydroxylation sites is 1. The molecule has 1 aliphatic carbocycles. The molecule has 29 heavy (non-hydrogen) atoms. The molecule has 3 heterocycles. The van der Waals surface area contributed by atoms with E-state index >= 15 is 0 Å². The lowest BCUT2D eigenvalue weighted by molar-refractivity contribution is -0.116. The molecule has 0 bridgehead atoms. The summed E-state index contributed by atoms with van der Waals surface area (Å²) in [6.45, 7) is 1.12. The second-order valence-electron chi connectivity index (χ2n) is 7.36. The first kappa shape index (κ1) is 18.2. The van der Waals surface area contributed by atoms with Crippen molar-refractivity contribution in [2.24, 2.45) is 0 Å². The molecular weight excluding hydrogens is 386 g/mol. The third-order valence-electron chi connectivity index (χ3n) is 5.62. The molecule has 0 unspecified atom stereocenters. The van der Waals surface area contributed by atoms with Gasteiger partial charge >= 0.3 is 5.69 Å². The van der Waals surface area contributed by atoms with E-state index in [2.05, 4.69) is 11.1 Å². The Morgan fingerprint density at radius 3 is 2.90 bits per heavy atom. The second-order valence-corrected chi connectivity index (χ2v) is 8.32. The highest BCUT2D eigenvalue weighted by Crippen LogP contribution is 2.32. The SMILES string of the molecule is O=C(CSc1nc(=O)n(Cc2ccco2)c2c1CCC2)N1CCc2ccccc21. The minimum atomic E-state index is -0.275. The summed E-state index contributed by atoms with van der Waals surface area (Å²) in [5.41, 5.74) is 4.08. The van der Waals surface area contributed by atoms with E-state index in [0.717, 1.165) is 54.9 Å². The van der Waals surface area contributed by atoms with Crippen LogP contribution in [0.1, 0.15) is 29.0 Å². The first-order valence-corrected chi connectivity index (χ1v) is 10.9. The van der Waals surface area contributed by atoms with Gasteiger partial charge < -0.3 is 9.32 Å². The molecular formula is C22H21N3O3S. The second kappa shape index (κ2) is 7.55. The molecule has 0 radical (unpaired) electrons. The summed E-state index contributed by atoms with van der Waals surface area (Å²) in [6, 6.07) is 11.7. The Labute approximate surface area is 172 Å². The Kier molecular flexibility index (Phi) is 4.75. The van der Waals surface area contributed by atoms with Crippen LogP contribution in [0.25, 0.3) is 0 Å². The van der Waals surface area contributed by atoms with Crippen LogP contribution in [0.2, 0.25) is 0 Å². The number of benzene rings is 1. The molecule has 1 aliphatic heterocycles. The molecule has 2 aromatic heterocycles. The molecule has 3 aromatic rings. The van der Waals surface area contributed by atoms with Crippen LogP contribution in [0, 0.1) is 0 Å². The van der Waals surface area contributed by atoms with Gasteiger partial charge in [-0.15, -0.1) is 0 Å². The molecule has 0 spiro atoms. The maximum atomic E-state index is 12.8. The van der Waals surface area contributed by atoms with Crippen LogP contribution in [0.15, 0.2) is 56.9 Å². The van der Waals surface area contributed by atoms with Crippen molar-refractivity contribution in [3.8, 4) is 0 Å². The molecule has 0 N–H and O–H groups in total. The number of hydrogen-bond acceptors (Lipinski definition) is 5. The van der Waals surface area contributed by atoms with Gasteiger partial charge in [-0.25, -0.2) is 4.79 Å². The van der Waals surface area contributed by atoms with Gasteiger partial charge in [-0.3, -0.25) is 9.36 Å². The predicted molar refractivity (Wildman–Crippen MR) is 112 cm³/mol. The fourth-order valence-electron chi connectivity index (χ4n) is 4.23. The lowest BCUT2D eigenvalue weighted by atomic mass is 10.2. The molecule has 5 rings (SSSR count). The molecule has 0 fully saturated rings. The van der Waals surface area contributed by atoms with Crippen molar-refractivity contribution in [1.82, 2.24) is 9.55 Å². The van der Waals surface area contributed by atoms with Crippen LogP contribution < -0.4 is 10.6 Å². The average molecular weight is 407 g/mol. The van der Waals surface area contributed by atoms with Crippen LogP contribution in [-0.4, -0.2) is 27.8 Å². The van der Waals surface area contributed by atoms with Gasteiger partial charge in [0.15, 0.2) is 0 Å². The number of rotatable bonds is 5. The quantitative estimate of drug-likeness (QED) is 0.480. The molecule has 2 aliphatic rings. The molecule has 0 saturated heterocycles. The van der Waals surface area contributed by atoms with Gasteiger partial charge in [0.05, 0.1) is 18.6 Å². The Balaban J connectivity index is 1.36. The maximum absolute atomic E-state index is 12.8. The van der Waals surface area contributed by atoms with E-state index in [1.807, 2.05) is 35.2 Å². The van der Waals surface area contributed by atoms with Gasteiger partial charge in [0.25, 0.3) is 0 Å². The zero-order valence-electron chi connectivity index (χ0n) is 16.0. The zero-order chi connectivity index (χ0) is 19.8. The maximum Gasteiger partial charge on any atom is 0.349 e. The smallest absolute Gasteiger partial charge is 0.349 e. The van der Waals surface area contributed by atoms with E-state index in [0.29, 0.717) is 11.6 Å². The fourth-order valence-corrected chi connectivity index (χ4v) is 5.19. The lowest BCUT2D eigenvalue weighted by Crippen LogP contribution is -2.31. The van der Waals surface area contributed by atoms with Crippen molar-refractivity contribution >= 4 is 23.4 Å². The van der Waals surface area contributed by atoms with Crippen LogP contribution in [-0.2, 0) is 30.6 Å². The minimum Gasteiger partial charge on any atom is -0.467 e. The summed E-state index contributed by atoms with van der Waals surface area (Å²) in [7, 11) is 0. The Hall–Kier alpha value is -2.80. The lowest BCUT2D eigenvalue weighted by Gasteiger charge is -2.18. The van der Waals surface area contributed by atoms with E-state index in [-0.39, 0.29) is 17.3 Å². The summed E-state index contributed by atoms with van der Waals surface area (Å²) in [5, 5.41) is 0.707. The highest BCUT2D eigenvalue weighted by atomic mass is 32.2. The third-order valence-corrected chi connectivity index (χ3v) is 6.62. The number of hydrogen-bond donors (Lipinski definition) is 0. The van der Waals surface area contributed by atoms with E-state index in [4.69, 9.17) is 4.42 Å². The largest absolute Gasteiger partial charge is 0.467 e. The van der Waals surface area contributed by atoms with Gasteiger partial charge in [-0.2, -0.15) is 4.98 Å². The standard InChI is InChI=1S/C22H21N3O3S/c26-20(24-11-10-15-5-1-2-8-18(15)24)14-29-21-17-7-3-9-19(17)25(22(27)23-21)13-16-6-4-12-28-16/h1-2,4-6,8,12H,3,7,9-11,13-14H2. The van der Waals surface area contributed by atoms with Crippen molar-refractivity contribution in [1.29, 1.82) is 0 Å². The predicted octanol–water partition coefficient (Wildman–Crippen LogP) is 3.05. The molecule has 1 aromatic carbocycles. The summed E-state index contributed by atoms with van der Waals surface area (Å²) < 4.78 is 7.12. The molecule has 6 nitrogen and oxygen atoms in total. The van der Waals surface area contributed by atoms with Gasteiger partial charge in [-0.05, 0) is 49.4 Å². The molecule has 7 heteroatoms. The van der Waals surface area contributed by atoms with E-state index in [9.17, 15) is 9.59 Å².